The molecule has 3 heteroatoms. The van der Waals surface area contributed by atoms with Crippen LogP contribution in [0.1, 0.15) is 58.3 Å². The third-order valence-electron chi connectivity index (χ3n) is 3.94. The first-order valence-electron chi connectivity index (χ1n) is 8.35. The molecule has 1 aliphatic carbocycles. The van der Waals surface area contributed by atoms with Crippen LogP contribution in [-0.2, 0) is 14.3 Å². The Labute approximate surface area is 134 Å². The fourth-order valence-corrected chi connectivity index (χ4v) is 2.62. The predicted molar refractivity (Wildman–Crippen MR) is 89.5 cm³/mol. The van der Waals surface area contributed by atoms with Gasteiger partial charge in [0.15, 0.2) is 5.78 Å². The van der Waals surface area contributed by atoms with Crippen LogP contribution in [0.4, 0.5) is 0 Å². The molecule has 0 aromatic rings. The fourth-order valence-electron chi connectivity index (χ4n) is 2.62. The number of hydrogen-bond donors (Lipinski definition) is 0. The molecule has 0 saturated carbocycles. The highest BCUT2D eigenvalue weighted by Crippen LogP contribution is 2.27. The molecule has 0 bridgehead atoms. The maximum atomic E-state index is 11.8. The zero-order chi connectivity index (χ0) is 16.2. The van der Waals surface area contributed by atoms with Gasteiger partial charge in [-0.3, -0.25) is 9.59 Å². The van der Waals surface area contributed by atoms with Gasteiger partial charge >= 0.3 is 5.97 Å². The van der Waals surface area contributed by atoms with E-state index in [1.165, 1.54) is 7.11 Å². The zero-order valence-corrected chi connectivity index (χ0v) is 13.8. The van der Waals surface area contributed by atoms with E-state index in [0.29, 0.717) is 6.42 Å². The second-order valence-corrected chi connectivity index (χ2v) is 5.67. The van der Waals surface area contributed by atoms with Crippen LogP contribution in [0.5, 0.6) is 0 Å². The summed E-state index contributed by atoms with van der Waals surface area (Å²) < 4.78 is 4.62. The Hall–Kier alpha value is -1.64. The normalized spacial score (nSPS) is 19.5. The average Bonchev–Trinajstić information content (AvgIpc) is 2.87. The number of methoxy groups -OCH3 is 1. The van der Waals surface area contributed by atoms with Crippen molar-refractivity contribution in [3.8, 4) is 0 Å². The molecule has 0 heterocycles. The summed E-state index contributed by atoms with van der Waals surface area (Å²) in [6.45, 7) is 2.08. The number of esters is 1. The minimum Gasteiger partial charge on any atom is -0.469 e. The molecule has 1 unspecified atom stereocenters. The fraction of sp³-hybridized carbons (Fsp3) is 0.579. The molecule has 0 fully saturated rings. The summed E-state index contributed by atoms with van der Waals surface area (Å²) in [5.41, 5.74) is 0.926. The SMILES string of the molecule is CCC=CC=C1C(=O)C=CC1CCCCCCCC(=O)OC. The van der Waals surface area contributed by atoms with E-state index in [-0.39, 0.29) is 17.7 Å². The third-order valence-corrected chi connectivity index (χ3v) is 3.94. The molecule has 3 nitrogen and oxygen atoms in total. The summed E-state index contributed by atoms with van der Waals surface area (Å²) in [6.07, 6.45) is 17.7. The number of rotatable bonds is 10. The highest BCUT2D eigenvalue weighted by Gasteiger charge is 2.21. The second kappa shape index (κ2) is 11.0. The Morgan fingerprint density at radius 2 is 1.95 bits per heavy atom. The lowest BCUT2D eigenvalue weighted by Gasteiger charge is -2.09. The molecular formula is C19H28O3. The molecule has 0 aromatic heterocycles. The number of hydrogen-bond acceptors (Lipinski definition) is 3. The predicted octanol–water partition coefficient (Wildman–Crippen LogP) is 4.54. The van der Waals surface area contributed by atoms with E-state index in [1.807, 2.05) is 18.2 Å². The monoisotopic (exact) mass is 304 g/mol. The highest BCUT2D eigenvalue weighted by atomic mass is 16.5. The highest BCUT2D eigenvalue weighted by molar-refractivity contribution is 6.07. The molecule has 1 aliphatic rings. The summed E-state index contributed by atoms with van der Waals surface area (Å²) in [5.74, 6) is 0.317. The molecule has 0 radical (unpaired) electrons. The molecule has 122 valence electrons. The van der Waals surface area contributed by atoms with Gasteiger partial charge in [0, 0.05) is 17.9 Å². The van der Waals surface area contributed by atoms with E-state index in [4.69, 9.17) is 0 Å². The van der Waals surface area contributed by atoms with Crippen LogP contribution in [0, 0.1) is 5.92 Å². The van der Waals surface area contributed by atoms with Gasteiger partial charge in [-0.15, -0.1) is 0 Å². The third kappa shape index (κ3) is 6.88. The van der Waals surface area contributed by atoms with Crippen LogP contribution in [0.25, 0.3) is 0 Å². The summed E-state index contributed by atoms with van der Waals surface area (Å²) in [6, 6.07) is 0. The van der Waals surface area contributed by atoms with Crippen molar-refractivity contribution in [2.75, 3.05) is 7.11 Å². The lowest BCUT2D eigenvalue weighted by atomic mass is 9.94. The van der Waals surface area contributed by atoms with Gasteiger partial charge in [-0.1, -0.05) is 56.9 Å². The minimum atomic E-state index is -0.121. The summed E-state index contributed by atoms with van der Waals surface area (Å²) in [5, 5.41) is 0. The van der Waals surface area contributed by atoms with Crippen LogP contribution in [0.3, 0.4) is 0 Å². The molecular weight excluding hydrogens is 276 g/mol. The van der Waals surface area contributed by atoms with E-state index in [9.17, 15) is 9.59 Å². The van der Waals surface area contributed by atoms with Crippen LogP contribution < -0.4 is 0 Å². The van der Waals surface area contributed by atoms with Crippen molar-refractivity contribution in [1.29, 1.82) is 0 Å². The van der Waals surface area contributed by atoms with Crippen molar-refractivity contribution >= 4 is 11.8 Å². The maximum absolute atomic E-state index is 11.8. The Morgan fingerprint density at radius 3 is 2.68 bits per heavy atom. The standard InChI is InChI=1S/C19H28O3/c1-3-4-8-12-17-16(14-15-18(17)20)11-9-6-5-7-10-13-19(21)22-2/h4,8,12,14-16H,3,5-7,9-11,13H2,1-2H3. The lowest BCUT2D eigenvalue weighted by Crippen LogP contribution is -2.02. The van der Waals surface area contributed by atoms with Crippen molar-refractivity contribution in [2.45, 2.75) is 58.3 Å². The molecule has 0 aliphatic heterocycles. The average molecular weight is 304 g/mol. The van der Waals surface area contributed by atoms with Crippen LogP contribution >= 0.6 is 0 Å². The van der Waals surface area contributed by atoms with E-state index in [2.05, 4.69) is 17.7 Å². The van der Waals surface area contributed by atoms with Crippen LogP contribution in [-0.4, -0.2) is 18.9 Å². The number of unbranched alkanes of at least 4 members (excludes halogenated alkanes) is 4. The molecule has 1 atom stereocenters. The Kier molecular flexibility index (Phi) is 9.20. The Balaban J connectivity index is 2.19. The van der Waals surface area contributed by atoms with Crippen LogP contribution in [0.2, 0.25) is 0 Å². The quantitative estimate of drug-likeness (QED) is 0.338. The first kappa shape index (κ1) is 18.4. The number of allylic oxidation sites excluding steroid dienone is 6. The number of ketones is 1. The smallest absolute Gasteiger partial charge is 0.305 e. The van der Waals surface area contributed by atoms with E-state index < -0.39 is 0 Å². The maximum Gasteiger partial charge on any atom is 0.305 e. The van der Waals surface area contributed by atoms with E-state index in [1.54, 1.807) is 6.08 Å². The van der Waals surface area contributed by atoms with Crippen molar-refractivity contribution in [2.24, 2.45) is 5.92 Å². The summed E-state index contributed by atoms with van der Waals surface area (Å²) in [7, 11) is 1.43. The summed E-state index contributed by atoms with van der Waals surface area (Å²) >= 11 is 0. The summed E-state index contributed by atoms with van der Waals surface area (Å²) in [4.78, 5) is 22.8. The molecule has 0 aromatic carbocycles. The van der Waals surface area contributed by atoms with Crippen molar-refractivity contribution in [3.63, 3.8) is 0 Å². The van der Waals surface area contributed by atoms with Crippen molar-refractivity contribution in [1.82, 2.24) is 0 Å². The molecule has 0 N–H and O–H groups in total. The second-order valence-electron chi connectivity index (χ2n) is 5.67. The van der Waals surface area contributed by atoms with Gasteiger partial charge in [0.2, 0.25) is 0 Å². The van der Waals surface area contributed by atoms with Gasteiger partial charge in [0.05, 0.1) is 7.11 Å². The van der Waals surface area contributed by atoms with Gasteiger partial charge in [-0.2, -0.15) is 0 Å². The van der Waals surface area contributed by atoms with E-state index >= 15 is 0 Å². The number of ether oxygens (including phenoxy) is 1. The first-order valence-corrected chi connectivity index (χ1v) is 8.35. The molecule has 1 rings (SSSR count). The first-order chi connectivity index (χ1) is 10.7. The topological polar surface area (TPSA) is 43.4 Å². The van der Waals surface area contributed by atoms with Gasteiger partial charge in [-0.05, 0) is 25.3 Å². The van der Waals surface area contributed by atoms with Gasteiger partial charge < -0.3 is 4.74 Å². The Morgan fingerprint density at radius 1 is 1.23 bits per heavy atom. The van der Waals surface area contributed by atoms with Crippen LogP contribution in [0.15, 0.2) is 36.0 Å². The van der Waals surface area contributed by atoms with Crippen molar-refractivity contribution < 1.29 is 14.3 Å². The van der Waals surface area contributed by atoms with Gasteiger partial charge in [-0.25, -0.2) is 0 Å². The van der Waals surface area contributed by atoms with Gasteiger partial charge in [0.25, 0.3) is 0 Å². The molecule has 0 saturated heterocycles. The molecule has 0 amide bonds. The largest absolute Gasteiger partial charge is 0.469 e. The molecule has 0 spiro atoms. The molecule has 22 heavy (non-hydrogen) atoms. The van der Waals surface area contributed by atoms with E-state index in [0.717, 1.165) is 50.5 Å². The lowest BCUT2D eigenvalue weighted by molar-refractivity contribution is -0.140. The zero-order valence-electron chi connectivity index (χ0n) is 13.8. The number of carbonyl (C=O) groups excluding carboxylic acids is 2. The van der Waals surface area contributed by atoms with Crippen molar-refractivity contribution in [3.05, 3.63) is 36.0 Å². The number of carbonyl (C=O) groups is 2. The Bertz CT molecular complexity index is 444. The van der Waals surface area contributed by atoms with Gasteiger partial charge in [0.1, 0.15) is 0 Å². The minimum absolute atomic E-state index is 0.121.